The Hall–Kier alpha value is -2.08. The van der Waals surface area contributed by atoms with E-state index < -0.39 is 6.10 Å². The minimum Gasteiger partial charge on any atom is -0.489 e. The number of hydrogen-bond donors (Lipinski definition) is 2. The van der Waals surface area contributed by atoms with Gasteiger partial charge in [-0.15, -0.1) is 0 Å². The van der Waals surface area contributed by atoms with Crippen molar-refractivity contribution < 1.29 is 14.3 Å². The zero-order chi connectivity index (χ0) is 16.8. The van der Waals surface area contributed by atoms with Crippen LogP contribution in [0, 0.1) is 0 Å². The van der Waals surface area contributed by atoms with Crippen molar-refractivity contribution in [1.82, 2.24) is 5.32 Å². The highest BCUT2D eigenvalue weighted by Gasteiger charge is 2.21. The molecule has 2 N–H and O–H groups in total. The maximum atomic E-state index is 12.1. The average molecular weight is 347 g/mol. The summed E-state index contributed by atoms with van der Waals surface area (Å²) in [6.45, 7) is 2.26. The first kappa shape index (κ1) is 16.8. The largest absolute Gasteiger partial charge is 0.489 e. The van der Waals surface area contributed by atoms with E-state index in [-0.39, 0.29) is 5.91 Å². The molecule has 3 rings (SSSR count). The van der Waals surface area contributed by atoms with Crippen molar-refractivity contribution in [3.63, 3.8) is 0 Å². The van der Waals surface area contributed by atoms with Gasteiger partial charge in [-0.1, -0.05) is 29.8 Å². The monoisotopic (exact) mass is 346 g/mol. The Morgan fingerprint density at radius 1 is 1.25 bits per heavy atom. The van der Waals surface area contributed by atoms with Crippen molar-refractivity contribution in [2.24, 2.45) is 0 Å². The molecule has 1 saturated heterocycles. The maximum absolute atomic E-state index is 12.1. The molecule has 2 aromatic rings. The average Bonchev–Trinajstić information content (AvgIpc) is 2.63. The van der Waals surface area contributed by atoms with Crippen LogP contribution in [0.2, 0.25) is 5.02 Å². The standard InChI is InChI=1S/C18H19ClN2O3/c19-16-4-2-1-3-13(16)12-24-15-7-5-14(6-8-15)21-18(22)17-11-20-9-10-23-17/h1-8,17,20H,9-12H2,(H,21,22). The lowest BCUT2D eigenvalue weighted by Gasteiger charge is -2.22. The Morgan fingerprint density at radius 3 is 2.75 bits per heavy atom. The van der Waals surface area contributed by atoms with Gasteiger partial charge in [-0.3, -0.25) is 4.79 Å². The van der Waals surface area contributed by atoms with Crippen molar-refractivity contribution in [1.29, 1.82) is 0 Å². The van der Waals surface area contributed by atoms with Crippen molar-refractivity contribution in [2.45, 2.75) is 12.7 Å². The van der Waals surface area contributed by atoms with Crippen LogP contribution in [0.1, 0.15) is 5.56 Å². The summed E-state index contributed by atoms with van der Waals surface area (Å²) in [7, 11) is 0. The van der Waals surface area contributed by atoms with E-state index in [1.165, 1.54) is 0 Å². The van der Waals surface area contributed by atoms with Crippen LogP contribution in [0.5, 0.6) is 5.75 Å². The quantitative estimate of drug-likeness (QED) is 0.874. The molecule has 126 valence electrons. The molecule has 1 unspecified atom stereocenters. The van der Waals surface area contributed by atoms with Crippen LogP contribution in [-0.4, -0.2) is 31.7 Å². The van der Waals surface area contributed by atoms with E-state index in [0.717, 1.165) is 12.1 Å². The zero-order valence-electron chi connectivity index (χ0n) is 13.1. The van der Waals surface area contributed by atoms with Gasteiger partial charge in [0.15, 0.2) is 0 Å². The van der Waals surface area contributed by atoms with Gasteiger partial charge in [0.2, 0.25) is 0 Å². The summed E-state index contributed by atoms with van der Waals surface area (Å²) < 4.78 is 11.1. The third-order valence-corrected chi connectivity index (χ3v) is 4.06. The van der Waals surface area contributed by atoms with Gasteiger partial charge in [-0.25, -0.2) is 0 Å². The molecule has 1 fully saturated rings. The van der Waals surface area contributed by atoms with Crippen LogP contribution in [0.25, 0.3) is 0 Å². The van der Waals surface area contributed by atoms with Gasteiger partial charge in [0.05, 0.1) is 6.61 Å². The Labute approximate surface area is 145 Å². The molecule has 0 spiro atoms. The lowest BCUT2D eigenvalue weighted by Crippen LogP contribution is -2.45. The number of nitrogens with one attached hydrogen (secondary N) is 2. The molecule has 0 aromatic heterocycles. The molecule has 0 aliphatic carbocycles. The molecular formula is C18H19ClN2O3. The summed E-state index contributed by atoms with van der Waals surface area (Å²) >= 11 is 6.10. The maximum Gasteiger partial charge on any atom is 0.254 e. The van der Waals surface area contributed by atoms with E-state index >= 15 is 0 Å². The van der Waals surface area contributed by atoms with E-state index in [1.54, 1.807) is 12.1 Å². The second-order valence-electron chi connectivity index (χ2n) is 5.46. The Morgan fingerprint density at radius 2 is 2.04 bits per heavy atom. The van der Waals surface area contributed by atoms with Gasteiger partial charge in [0.25, 0.3) is 5.91 Å². The lowest BCUT2D eigenvalue weighted by molar-refractivity contribution is -0.128. The fourth-order valence-electron chi connectivity index (χ4n) is 2.37. The van der Waals surface area contributed by atoms with Crippen molar-refractivity contribution in [3.8, 4) is 5.75 Å². The third-order valence-electron chi connectivity index (χ3n) is 3.69. The van der Waals surface area contributed by atoms with Gasteiger partial charge in [0.1, 0.15) is 18.5 Å². The first-order valence-corrected chi connectivity index (χ1v) is 8.19. The number of ether oxygens (including phenoxy) is 2. The second kappa shape index (κ2) is 8.15. The Bertz CT molecular complexity index is 685. The highest BCUT2D eigenvalue weighted by atomic mass is 35.5. The summed E-state index contributed by atoms with van der Waals surface area (Å²) in [6.07, 6.45) is -0.449. The molecule has 1 aliphatic rings. The van der Waals surface area contributed by atoms with Crippen LogP contribution in [0.4, 0.5) is 5.69 Å². The number of carbonyl (C=O) groups excluding carboxylic acids is 1. The molecular weight excluding hydrogens is 328 g/mol. The van der Waals surface area contributed by atoms with Crippen LogP contribution in [0.15, 0.2) is 48.5 Å². The van der Waals surface area contributed by atoms with E-state index in [1.807, 2.05) is 36.4 Å². The minimum absolute atomic E-state index is 0.146. The number of amides is 1. The summed E-state index contributed by atoms with van der Waals surface area (Å²) in [6, 6.07) is 14.8. The van der Waals surface area contributed by atoms with Gasteiger partial charge >= 0.3 is 0 Å². The van der Waals surface area contributed by atoms with Crippen LogP contribution in [-0.2, 0) is 16.1 Å². The molecule has 5 nitrogen and oxygen atoms in total. The number of benzene rings is 2. The molecule has 1 atom stereocenters. The molecule has 1 heterocycles. The SMILES string of the molecule is O=C(Nc1ccc(OCc2ccccc2Cl)cc1)C1CNCCO1. The van der Waals surface area contributed by atoms with E-state index in [9.17, 15) is 4.79 Å². The van der Waals surface area contributed by atoms with Gasteiger partial charge in [-0.05, 0) is 30.3 Å². The van der Waals surface area contributed by atoms with Crippen molar-refractivity contribution in [3.05, 3.63) is 59.1 Å². The Kier molecular flexibility index (Phi) is 5.69. The number of anilines is 1. The fraction of sp³-hybridized carbons (Fsp3) is 0.278. The zero-order valence-corrected chi connectivity index (χ0v) is 13.9. The highest BCUT2D eigenvalue weighted by molar-refractivity contribution is 6.31. The van der Waals surface area contributed by atoms with E-state index in [0.29, 0.717) is 36.2 Å². The molecule has 2 aromatic carbocycles. The van der Waals surface area contributed by atoms with Gasteiger partial charge < -0.3 is 20.1 Å². The molecule has 0 saturated carbocycles. The third kappa shape index (κ3) is 4.47. The topological polar surface area (TPSA) is 59.6 Å². The van der Waals surface area contributed by atoms with Crippen LogP contribution >= 0.6 is 11.6 Å². The summed E-state index contributed by atoms with van der Waals surface area (Å²) in [5.74, 6) is 0.565. The first-order valence-electron chi connectivity index (χ1n) is 7.82. The van der Waals surface area contributed by atoms with Gasteiger partial charge in [0, 0.05) is 29.4 Å². The number of carbonyl (C=O) groups is 1. The van der Waals surface area contributed by atoms with E-state index in [4.69, 9.17) is 21.1 Å². The van der Waals surface area contributed by atoms with E-state index in [2.05, 4.69) is 10.6 Å². The summed E-state index contributed by atoms with van der Waals surface area (Å²) in [5, 5.41) is 6.65. The normalized spacial score (nSPS) is 17.3. The molecule has 0 bridgehead atoms. The Balaban J connectivity index is 1.53. The highest BCUT2D eigenvalue weighted by Crippen LogP contribution is 2.20. The smallest absolute Gasteiger partial charge is 0.254 e. The van der Waals surface area contributed by atoms with Crippen LogP contribution < -0.4 is 15.4 Å². The van der Waals surface area contributed by atoms with Crippen molar-refractivity contribution in [2.75, 3.05) is 25.0 Å². The number of halogens is 1. The summed E-state index contributed by atoms with van der Waals surface area (Å²) in [5.41, 5.74) is 1.64. The van der Waals surface area contributed by atoms with Gasteiger partial charge in [-0.2, -0.15) is 0 Å². The number of rotatable bonds is 5. The lowest BCUT2D eigenvalue weighted by atomic mass is 10.2. The molecule has 1 aliphatic heterocycles. The predicted octanol–water partition coefficient (Wildman–Crippen LogP) is 2.85. The van der Waals surface area contributed by atoms with Crippen molar-refractivity contribution >= 4 is 23.2 Å². The minimum atomic E-state index is -0.449. The fourth-order valence-corrected chi connectivity index (χ4v) is 2.56. The molecule has 24 heavy (non-hydrogen) atoms. The number of hydrogen-bond acceptors (Lipinski definition) is 4. The molecule has 1 amide bonds. The predicted molar refractivity (Wildman–Crippen MR) is 93.5 cm³/mol. The first-order chi connectivity index (χ1) is 11.7. The number of morpholine rings is 1. The summed E-state index contributed by atoms with van der Waals surface area (Å²) in [4.78, 5) is 12.1. The van der Waals surface area contributed by atoms with Crippen LogP contribution in [0.3, 0.4) is 0 Å². The molecule has 6 heteroatoms. The second-order valence-corrected chi connectivity index (χ2v) is 5.86. The molecule has 0 radical (unpaired) electrons.